The van der Waals surface area contributed by atoms with Crippen molar-refractivity contribution in [3.63, 3.8) is 0 Å². The number of aryl methyl sites for hydroxylation is 1. The van der Waals surface area contributed by atoms with Crippen molar-refractivity contribution in [1.82, 2.24) is 4.90 Å². The van der Waals surface area contributed by atoms with Gasteiger partial charge in [-0.1, -0.05) is 19.9 Å². The average Bonchev–Trinajstić information content (AvgIpc) is 2.60. The molecule has 146 valence electrons. The van der Waals surface area contributed by atoms with Crippen molar-refractivity contribution in [2.75, 3.05) is 32.8 Å². The first-order chi connectivity index (χ1) is 12.4. The van der Waals surface area contributed by atoms with Gasteiger partial charge in [-0.2, -0.15) is 0 Å². The van der Waals surface area contributed by atoms with E-state index in [-0.39, 0.29) is 18.5 Å². The van der Waals surface area contributed by atoms with E-state index in [1.165, 1.54) is 11.1 Å². The van der Waals surface area contributed by atoms with Gasteiger partial charge in [-0.15, -0.1) is 0 Å². The molecule has 1 heterocycles. The van der Waals surface area contributed by atoms with Crippen molar-refractivity contribution in [2.45, 2.75) is 52.6 Å². The van der Waals surface area contributed by atoms with Gasteiger partial charge in [0, 0.05) is 6.54 Å². The summed E-state index contributed by atoms with van der Waals surface area (Å²) < 4.78 is 10.9. The van der Waals surface area contributed by atoms with Crippen LogP contribution >= 0.6 is 0 Å². The summed E-state index contributed by atoms with van der Waals surface area (Å²) in [5.74, 6) is 1.18. The minimum Gasteiger partial charge on any atom is -0.491 e. The van der Waals surface area contributed by atoms with E-state index < -0.39 is 6.10 Å². The zero-order chi connectivity index (χ0) is 19.1. The van der Waals surface area contributed by atoms with Gasteiger partial charge >= 0.3 is 5.97 Å². The lowest BCUT2D eigenvalue weighted by atomic mass is 9.97. The third-order valence-electron chi connectivity index (χ3n) is 4.86. The van der Waals surface area contributed by atoms with Crippen LogP contribution in [0.2, 0.25) is 0 Å². The van der Waals surface area contributed by atoms with Crippen molar-refractivity contribution in [3.8, 4) is 5.75 Å². The highest BCUT2D eigenvalue weighted by Crippen LogP contribution is 2.23. The smallest absolute Gasteiger partial charge is 0.309 e. The Labute approximate surface area is 157 Å². The zero-order valence-corrected chi connectivity index (χ0v) is 16.5. The summed E-state index contributed by atoms with van der Waals surface area (Å²) >= 11 is 0. The number of piperidine rings is 1. The molecule has 0 saturated carbocycles. The quantitative estimate of drug-likeness (QED) is 0.719. The molecule has 1 fully saturated rings. The van der Waals surface area contributed by atoms with Crippen molar-refractivity contribution in [2.24, 2.45) is 5.92 Å². The molecule has 1 aliphatic rings. The molecule has 5 heteroatoms. The molecule has 0 radical (unpaired) electrons. The summed E-state index contributed by atoms with van der Waals surface area (Å²) in [6, 6.07) is 6.22. The highest BCUT2D eigenvalue weighted by molar-refractivity contribution is 5.72. The Morgan fingerprint density at radius 3 is 2.58 bits per heavy atom. The van der Waals surface area contributed by atoms with E-state index in [0.717, 1.165) is 31.7 Å². The number of hydrogen-bond donors (Lipinski definition) is 1. The topological polar surface area (TPSA) is 59.0 Å². The highest BCUT2D eigenvalue weighted by Gasteiger charge is 2.26. The number of carbonyl (C=O) groups excluding carboxylic acids is 1. The molecule has 1 saturated heterocycles. The van der Waals surface area contributed by atoms with Crippen LogP contribution in [-0.4, -0.2) is 54.9 Å². The molecule has 2 rings (SSSR count). The number of likely N-dealkylation sites (tertiary alicyclic amines) is 1. The van der Waals surface area contributed by atoms with Gasteiger partial charge in [-0.25, -0.2) is 0 Å². The lowest BCUT2D eigenvalue weighted by Gasteiger charge is -2.32. The first-order valence-corrected chi connectivity index (χ1v) is 9.70. The van der Waals surface area contributed by atoms with Gasteiger partial charge < -0.3 is 19.5 Å². The van der Waals surface area contributed by atoms with Gasteiger partial charge in [-0.3, -0.25) is 4.79 Å². The summed E-state index contributed by atoms with van der Waals surface area (Å²) in [5.41, 5.74) is 2.41. The summed E-state index contributed by atoms with van der Waals surface area (Å²) in [6.45, 7) is 11.1. The fourth-order valence-electron chi connectivity index (χ4n) is 3.35. The van der Waals surface area contributed by atoms with Crippen LogP contribution in [0.1, 0.15) is 50.7 Å². The first-order valence-electron chi connectivity index (χ1n) is 9.70. The van der Waals surface area contributed by atoms with Crippen molar-refractivity contribution >= 4 is 5.97 Å². The van der Waals surface area contributed by atoms with E-state index in [0.29, 0.717) is 19.1 Å². The monoisotopic (exact) mass is 363 g/mol. The van der Waals surface area contributed by atoms with E-state index >= 15 is 0 Å². The van der Waals surface area contributed by atoms with E-state index in [1.54, 1.807) is 0 Å². The first kappa shape index (κ1) is 20.7. The minimum atomic E-state index is -0.544. The standard InChI is InChI=1S/C21H33NO4/c1-5-25-21(24)17-6-8-22(9-7-17)13-19(23)14-26-20-11-16(4)10-18(12-20)15(2)3/h10-12,15,17,19,23H,5-9,13-14H2,1-4H3/t19-/m1/s1. The zero-order valence-electron chi connectivity index (χ0n) is 16.5. The molecule has 0 aromatic heterocycles. The second-order valence-corrected chi connectivity index (χ2v) is 7.53. The molecule has 0 spiro atoms. The van der Waals surface area contributed by atoms with Gasteiger partial charge in [0.05, 0.1) is 12.5 Å². The Kier molecular flexibility index (Phi) is 7.91. The van der Waals surface area contributed by atoms with Gasteiger partial charge in [0.25, 0.3) is 0 Å². The Morgan fingerprint density at radius 2 is 1.96 bits per heavy atom. The third kappa shape index (κ3) is 6.29. The fourth-order valence-corrected chi connectivity index (χ4v) is 3.35. The summed E-state index contributed by atoms with van der Waals surface area (Å²) in [5, 5.41) is 10.3. The normalized spacial score (nSPS) is 17.3. The number of hydrogen-bond acceptors (Lipinski definition) is 5. The molecule has 1 aromatic rings. The molecule has 1 aliphatic heterocycles. The van der Waals surface area contributed by atoms with E-state index in [1.807, 2.05) is 13.0 Å². The summed E-state index contributed by atoms with van der Waals surface area (Å²) in [6.07, 6.45) is 1.04. The van der Waals surface area contributed by atoms with E-state index in [4.69, 9.17) is 9.47 Å². The van der Waals surface area contributed by atoms with Crippen LogP contribution < -0.4 is 4.74 Å². The molecule has 0 aliphatic carbocycles. The van der Waals surface area contributed by atoms with Crippen LogP contribution in [0.3, 0.4) is 0 Å². The maximum absolute atomic E-state index is 11.8. The number of aliphatic hydroxyl groups is 1. The molecule has 1 N–H and O–H groups in total. The number of benzene rings is 1. The van der Waals surface area contributed by atoms with Gasteiger partial charge in [0.1, 0.15) is 18.5 Å². The molecule has 0 bridgehead atoms. The Bertz CT molecular complexity index is 579. The second-order valence-electron chi connectivity index (χ2n) is 7.53. The number of esters is 1. The molecular formula is C21H33NO4. The predicted molar refractivity (Wildman–Crippen MR) is 103 cm³/mol. The van der Waals surface area contributed by atoms with Crippen LogP contribution in [0.4, 0.5) is 0 Å². The minimum absolute atomic E-state index is 0.00124. The van der Waals surface area contributed by atoms with Crippen molar-refractivity contribution < 1.29 is 19.4 Å². The molecule has 5 nitrogen and oxygen atoms in total. The lowest BCUT2D eigenvalue weighted by molar-refractivity contribution is -0.149. The number of ether oxygens (including phenoxy) is 2. The van der Waals surface area contributed by atoms with Crippen LogP contribution in [0.5, 0.6) is 5.75 Å². The van der Waals surface area contributed by atoms with Crippen LogP contribution in [0.15, 0.2) is 18.2 Å². The second kappa shape index (κ2) is 9.93. The maximum atomic E-state index is 11.8. The van der Waals surface area contributed by atoms with Crippen molar-refractivity contribution in [3.05, 3.63) is 29.3 Å². The highest BCUT2D eigenvalue weighted by atomic mass is 16.5. The number of rotatable bonds is 8. The number of carbonyl (C=O) groups is 1. The Morgan fingerprint density at radius 1 is 1.27 bits per heavy atom. The summed E-state index contributed by atoms with van der Waals surface area (Å²) in [7, 11) is 0. The Balaban J connectivity index is 1.76. The number of nitrogens with zero attached hydrogens (tertiary/aromatic N) is 1. The largest absolute Gasteiger partial charge is 0.491 e. The van der Waals surface area contributed by atoms with E-state index in [9.17, 15) is 9.90 Å². The molecule has 1 aromatic carbocycles. The fraction of sp³-hybridized carbons (Fsp3) is 0.667. The van der Waals surface area contributed by atoms with Gasteiger partial charge in [-0.05, 0) is 69.0 Å². The molecule has 0 amide bonds. The van der Waals surface area contributed by atoms with Crippen LogP contribution in [0.25, 0.3) is 0 Å². The van der Waals surface area contributed by atoms with E-state index in [2.05, 4.69) is 37.8 Å². The SMILES string of the molecule is CCOC(=O)C1CCN(C[C@@H](O)COc2cc(C)cc(C(C)C)c2)CC1. The Hall–Kier alpha value is -1.59. The van der Waals surface area contributed by atoms with Crippen molar-refractivity contribution in [1.29, 1.82) is 0 Å². The van der Waals surface area contributed by atoms with Gasteiger partial charge in [0.2, 0.25) is 0 Å². The van der Waals surface area contributed by atoms with Crippen LogP contribution in [0, 0.1) is 12.8 Å². The molecule has 1 atom stereocenters. The molecule has 26 heavy (non-hydrogen) atoms. The molecule has 0 unspecified atom stereocenters. The lowest BCUT2D eigenvalue weighted by Crippen LogP contribution is -2.42. The number of β-amino-alcohol motifs (C(OH)–C–C–N with tert-alkyl or cyclic N) is 1. The maximum Gasteiger partial charge on any atom is 0.309 e. The summed E-state index contributed by atoms with van der Waals surface area (Å²) in [4.78, 5) is 14.0. The third-order valence-corrected chi connectivity index (χ3v) is 4.86. The molecular weight excluding hydrogens is 330 g/mol. The number of aliphatic hydroxyl groups excluding tert-OH is 1. The predicted octanol–water partition coefficient (Wildman–Crippen LogP) is 3.13. The van der Waals surface area contributed by atoms with Crippen LogP contribution in [-0.2, 0) is 9.53 Å². The average molecular weight is 363 g/mol. The van der Waals surface area contributed by atoms with Gasteiger partial charge in [0.15, 0.2) is 0 Å².